The molecule has 0 aliphatic carbocycles. The van der Waals surface area contributed by atoms with Crippen LogP contribution in [0.25, 0.3) is 21.3 Å². The standard InChI is InChI=1S/C18H18N4OS/c1-11-4-6-12(7-5-11)13-9-24-18-15(13)17(20-10-21-18)22-8-2-3-14(22)16(19)23/h4-7,9-10,14H,2-3,8H2,1H3,(H2,19,23)/t14-/m1/s1. The molecule has 0 saturated carbocycles. The second kappa shape index (κ2) is 5.87. The second-order valence-corrected chi connectivity index (χ2v) is 7.00. The summed E-state index contributed by atoms with van der Waals surface area (Å²) in [4.78, 5) is 23.7. The van der Waals surface area contributed by atoms with Crippen LogP contribution in [-0.2, 0) is 4.79 Å². The average molecular weight is 338 g/mol. The van der Waals surface area contributed by atoms with E-state index in [2.05, 4.69) is 46.5 Å². The summed E-state index contributed by atoms with van der Waals surface area (Å²) in [5.41, 5.74) is 9.06. The number of aromatic nitrogens is 2. The Balaban J connectivity index is 1.89. The SMILES string of the molecule is Cc1ccc(-c2csc3ncnc(N4CCC[C@@H]4C(N)=O)c23)cc1. The highest BCUT2D eigenvalue weighted by atomic mass is 32.1. The van der Waals surface area contributed by atoms with Gasteiger partial charge in [-0.05, 0) is 25.3 Å². The molecule has 1 aliphatic heterocycles. The van der Waals surface area contributed by atoms with E-state index < -0.39 is 0 Å². The van der Waals surface area contributed by atoms with Gasteiger partial charge in [0.05, 0.1) is 5.39 Å². The van der Waals surface area contributed by atoms with Gasteiger partial charge in [0.2, 0.25) is 5.91 Å². The van der Waals surface area contributed by atoms with Gasteiger partial charge in [0.1, 0.15) is 23.0 Å². The number of rotatable bonds is 3. The third-order valence-electron chi connectivity index (χ3n) is 4.57. The van der Waals surface area contributed by atoms with E-state index in [4.69, 9.17) is 5.73 Å². The van der Waals surface area contributed by atoms with E-state index in [0.717, 1.165) is 46.5 Å². The smallest absolute Gasteiger partial charge is 0.240 e. The fraction of sp³-hybridized carbons (Fsp3) is 0.278. The lowest BCUT2D eigenvalue weighted by molar-refractivity contribution is -0.119. The summed E-state index contributed by atoms with van der Waals surface area (Å²) in [5, 5.41) is 3.13. The lowest BCUT2D eigenvalue weighted by Gasteiger charge is -2.24. The van der Waals surface area contributed by atoms with Crippen LogP contribution in [0.1, 0.15) is 18.4 Å². The number of hydrogen-bond acceptors (Lipinski definition) is 5. The van der Waals surface area contributed by atoms with E-state index in [1.807, 2.05) is 4.90 Å². The summed E-state index contributed by atoms with van der Waals surface area (Å²) < 4.78 is 0. The van der Waals surface area contributed by atoms with Crippen LogP contribution in [0.3, 0.4) is 0 Å². The Bertz CT molecular complexity index is 903. The first-order chi connectivity index (χ1) is 11.6. The van der Waals surface area contributed by atoms with Gasteiger partial charge in [-0.25, -0.2) is 9.97 Å². The van der Waals surface area contributed by atoms with Crippen molar-refractivity contribution in [2.75, 3.05) is 11.4 Å². The minimum atomic E-state index is -0.286. The lowest BCUT2D eigenvalue weighted by atomic mass is 10.0. The second-order valence-electron chi connectivity index (χ2n) is 6.15. The Morgan fingerprint density at radius 1 is 1.29 bits per heavy atom. The molecule has 3 aromatic rings. The zero-order chi connectivity index (χ0) is 16.7. The topological polar surface area (TPSA) is 72.1 Å². The van der Waals surface area contributed by atoms with Gasteiger partial charge in [0.15, 0.2) is 0 Å². The summed E-state index contributed by atoms with van der Waals surface area (Å²) in [7, 11) is 0. The fourth-order valence-corrected chi connectivity index (χ4v) is 4.25. The number of amides is 1. The maximum Gasteiger partial charge on any atom is 0.240 e. The Hall–Kier alpha value is -2.47. The zero-order valence-corrected chi connectivity index (χ0v) is 14.2. The molecular weight excluding hydrogens is 320 g/mol. The minimum absolute atomic E-state index is 0.283. The zero-order valence-electron chi connectivity index (χ0n) is 13.4. The molecule has 1 aliphatic rings. The van der Waals surface area contributed by atoms with Crippen molar-refractivity contribution in [3.63, 3.8) is 0 Å². The molecule has 1 amide bonds. The highest BCUT2D eigenvalue weighted by Gasteiger charge is 2.32. The van der Waals surface area contributed by atoms with Crippen LogP contribution in [0.4, 0.5) is 5.82 Å². The molecule has 0 bridgehead atoms. The largest absolute Gasteiger partial charge is 0.368 e. The van der Waals surface area contributed by atoms with Crippen LogP contribution in [0.2, 0.25) is 0 Å². The number of aryl methyl sites for hydroxylation is 1. The van der Waals surface area contributed by atoms with Gasteiger partial charge in [0, 0.05) is 17.5 Å². The molecule has 2 N–H and O–H groups in total. The number of benzene rings is 1. The van der Waals surface area contributed by atoms with Crippen molar-refractivity contribution >= 4 is 33.3 Å². The minimum Gasteiger partial charge on any atom is -0.368 e. The summed E-state index contributed by atoms with van der Waals surface area (Å²) in [6, 6.07) is 8.15. The van der Waals surface area contributed by atoms with Gasteiger partial charge in [0.25, 0.3) is 0 Å². The molecule has 2 aromatic heterocycles. The maximum absolute atomic E-state index is 11.8. The maximum atomic E-state index is 11.8. The summed E-state index contributed by atoms with van der Waals surface area (Å²) in [6.45, 7) is 2.87. The Kier molecular flexibility index (Phi) is 3.69. The number of thiophene rings is 1. The van der Waals surface area contributed by atoms with E-state index >= 15 is 0 Å². The predicted octanol–water partition coefficient (Wildman–Crippen LogP) is 3.12. The van der Waals surface area contributed by atoms with Gasteiger partial charge in [-0.3, -0.25) is 4.79 Å². The lowest BCUT2D eigenvalue weighted by Crippen LogP contribution is -2.40. The van der Waals surface area contributed by atoms with Crippen molar-refractivity contribution in [2.45, 2.75) is 25.8 Å². The van der Waals surface area contributed by atoms with Crippen LogP contribution in [-0.4, -0.2) is 28.5 Å². The number of anilines is 1. The molecule has 122 valence electrons. The third kappa shape index (κ3) is 2.43. The average Bonchev–Trinajstić information content (AvgIpc) is 3.22. The summed E-state index contributed by atoms with van der Waals surface area (Å²) in [6.07, 6.45) is 3.30. The number of nitrogens with zero attached hydrogens (tertiary/aromatic N) is 3. The van der Waals surface area contributed by atoms with E-state index in [1.165, 1.54) is 5.56 Å². The van der Waals surface area contributed by atoms with Crippen LogP contribution in [0, 0.1) is 6.92 Å². The van der Waals surface area contributed by atoms with Crippen molar-refractivity contribution in [1.82, 2.24) is 9.97 Å². The van der Waals surface area contributed by atoms with E-state index in [1.54, 1.807) is 17.7 Å². The third-order valence-corrected chi connectivity index (χ3v) is 5.45. The number of nitrogens with two attached hydrogens (primary N) is 1. The number of fused-ring (bicyclic) bond motifs is 1. The highest BCUT2D eigenvalue weighted by molar-refractivity contribution is 7.17. The van der Waals surface area contributed by atoms with Gasteiger partial charge < -0.3 is 10.6 Å². The van der Waals surface area contributed by atoms with Gasteiger partial charge >= 0.3 is 0 Å². The normalized spacial score (nSPS) is 17.5. The molecule has 6 heteroatoms. The molecule has 0 spiro atoms. The molecule has 0 radical (unpaired) electrons. The van der Waals surface area contributed by atoms with Crippen LogP contribution in [0.15, 0.2) is 36.0 Å². The number of primary amides is 1. The molecule has 0 unspecified atom stereocenters. The first kappa shape index (κ1) is 15.1. The number of hydrogen-bond donors (Lipinski definition) is 1. The molecule has 4 rings (SSSR count). The van der Waals surface area contributed by atoms with Crippen molar-refractivity contribution in [3.8, 4) is 11.1 Å². The van der Waals surface area contributed by atoms with E-state index in [9.17, 15) is 4.79 Å². The molecule has 1 atom stereocenters. The van der Waals surface area contributed by atoms with Crippen molar-refractivity contribution in [1.29, 1.82) is 0 Å². The van der Waals surface area contributed by atoms with Crippen molar-refractivity contribution < 1.29 is 4.79 Å². The Morgan fingerprint density at radius 3 is 2.83 bits per heavy atom. The number of carbonyl (C=O) groups is 1. The monoisotopic (exact) mass is 338 g/mol. The first-order valence-corrected chi connectivity index (χ1v) is 8.88. The van der Waals surface area contributed by atoms with Crippen molar-refractivity contribution in [2.24, 2.45) is 5.73 Å². The summed E-state index contributed by atoms with van der Waals surface area (Å²) >= 11 is 1.60. The van der Waals surface area contributed by atoms with E-state index in [0.29, 0.717) is 0 Å². The van der Waals surface area contributed by atoms with Gasteiger partial charge in [-0.2, -0.15) is 0 Å². The van der Waals surface area contributed by atoms with Crippen LogP contribution in [0.5, 0.6) is 0 Å². The van der Waals surface area contributed by atoms with Gasteiger partial charge in [-0.1, -0.05) is 29.8 Å². The molecule has 5 nitrogen and oxygen atoms in total. The molecule has 1 fully saturated rings. The quantitative estimate of drug-likeness (QED) is 0.796. The van der Waals surface area contributed by atoms with Gasteiger partial charge in [-0.15, -0.1) is 11.3 Å². The fourth-order valence-electron chi connectivity index (χ4n) is 3.34. The highest BCUT2D eigenvalue weighted by Crippen LogP contribution is 2.39. The molecule has 24 heavy (non-hydrogen) atoms. The predicted molar refractivity (Wildman–Crippen MR) is 97.2 cm³/mol. The number of carbonyl (C=O) groups excluding carboxylic acids is 1. The molecule has 3 heterocycles. The first-order valence-electron chi connectivity index (χ1n) is 8.00. The Morgan fingerprint density at radius 2 is 2.08 bits per heavy atom. The van der Waals surface area contributed by atoms with Crippen LogP contribution < -0.4 is 10.6 Å². The summed E-state index contributed by atoms with van der Waals surface area (Å²) in [5.74, 6) is 0.532. The van der Waals surface area contributed by atoms with Crippen LogP contribution >= 0.6 is 11.3 Å². The van der Waals surface area contributed by atoms with Crippen molar-refractivity contribution in [3.05, 3.63) is 41.5 Å². The molecule has 1 saturated heterocycles. The molecule has 1 aromatic carbocycles. The molecular formula is C18H18N4OS. The van der Waals surface area contributed by atoms with E-state index in [-0.39, 0.29) is 11.9 Å². The Labute approximate surface area is 144 Å².